The van der Waals surface area contributed by atoms with Gasteiger partial charge in [-0.15, -0.1) is 0 Å². The highest BCUT2D eigenvalue weighted by Crippen LogP contribution is 2.39. The zero-order chi connectivity index (χ0) is 25.3. The molecule has 0 amide bonds. The van der Waals surface area contributed by atoms with Crippen LogP contribution in [-0.2, 0) is 12.7 Å². The van der Waals surface area contributed by atoms with E-state index < -0.39 is 28.9 Å². The summed E-state index contributed by atoms with van der Waals surface area (Å²) >= 11 is 0. The molecule has 1 aliphatic rings. The van der Waals surface area contributed by atoms with Crippen LogP contribution in [0.1, 0.15) is 30.6 Å². The van der Waals surface area contributed by atoms with Gasteiger partial charge in [-0.05, 0) is 48.6 Å². The van der Waals surface area contributed by atoms with Crippen molar-refractivity contribution < 1.29 is 32.3 Å². The van der Waals surface area contributed by atoms with Crippen molar-refractivity contribution in [1.82, 2.24) is 0 Å². The van der Waals surface area contributed by atoms with Crippen molar-refractivity contribution in [2.24, 2.45) is 0 Å². The smallest absolute Gasteiger partial charge is 0.453 e. The lowest BCUT2D eigenvalue weighted by atomic mass is 10.1. The van der Waals surface area contributed by atoms with Crippen molar-refractivity contribution in [3.05, 3.63) is 88.3 Å². The number of likely N-dealkylation sites (tertiary alicyclic amines) is 1. The third kappa shape index (κ3) is 4.81. The van der Waals surface area contributed by atoms with E-state index in [0.29, 0.717) is 0 Å². The summed E-state index contributed by atoms with van der Waals surface area (Å²) in [6.07, 6.45) is -1.95. The summed E-state index contributed by atoms with van der Waals surface area (Å²) in [5.41, 5.74) is 0.584. The molecule has 4 aromatic rings. The number of ether oxygens (including phenoxy) is 1. The summed E-state index contributed by atoms with van der Waals surface area (Å²) in [5.74, 6) is -2.88. The third-order valence-corrected chi connectivity index (χ3v) is 6.50. The molecule has 0 bridgehead atoms. The second kappa shape index (κ2) is 9.70. The number of fused-ring (bicyclic) bond motifs is 1. The van der Waals surface area contributed by atoms with E-state index in [1.807, 2.05) is 30.3 Å². The Balaban J connectivity index is 1.56. The molecule has 5 nitrogen and oxygen atoms in total. The first-order chi connectivity index (χ1) is 17.3. The minimum atomic E-state index is -5.00. The van der Waals surface area contributed by atoms with E-state index in [1.54, 1.807) is 12.1 Å². The highest BCUT2D eigenvalue weighted by atomic mass is 19.4. The number of piperidine rings is 1. The van der Waals surface area contributed by atoms with Crippen LogP contribution in [0.5, 0.6) is 17.2 Å². The molecule has 3 aromatic carbocycles. The molecular weight excluding hydrogens is 471 g/mol. The lowest BCUT2D eigenvalue weighted by molar-refractivity contribution is -0.918. The van der Waals surface area contributed by atoms with Gasteiger partial charge in [0.15, 0.2) is 0 Å². The average Bonchev–Trinajstić information content (AvgIpc) is 2.88. The van der Waals surface area contributed by atoms with Crippen LogP contribution in [-0.4, -0.2) is 13.1 Å². The summed E-state index contributed by atoms with van der Waals surface area (Å²) < 4.78 is 52.9. The summed E-state index contributed by atoms with van der Waals surface area (Å²) in [4.78, 5) is 14.3. The van der Waals surface area contributed by atoms with Crippen molar-refractivity contribution in [3.63, 3.8) is 0 Å². The zero-order valence-electron chi connectivity index (χ0n) is 19.4. The molecule has 8 heteroatoms. The van der Waals surface area contributed by atoms with Gasteiger partial charge in [0.2, 0.25) is 11.2 Å². The van der Waals surface area contributed by atoms with Gasteiger partial charge >= 0.3 is 6.18 Å². The van der Waals surface area contributed by atoms with Gasteiger partial charge in [-0.25, -0.2) is 0 Å². The number of halogens is 3. The van der Waals surface area contributed by atoms with Gasteiger partial charge in [0, 0.05) is 5.56 Å². The molecule has 0 spiro atoms. The van der Waals surface area contributed by atoms with Gasteiger partial charge in [0.1, 0.15) is 17.9 Å². The summed E-state index contributed by atoms with van der Waals surface area (Å²) in [6.45, 7) is 1.83. The first-order valence-electron chi connectivity index (χ1n) is 11.8. The predicted octanol–water partition coefficient (Wildman–Crippen LogP) is 4.91. The number of alkyl halides is 3. The Morgan fingerprint density at radius 1 is 0.889 bits per heavy atom. The monoisotopic (exact) mass is 495 g/mol. The molecule has 36 heavy (non-hydrogen) atoms. The van der Waals surface area contributed by atoms with E-state index in [4.69, 9.17) is 9.15 Å². The first-order valence-corrected chi connectivity index (χ1v) is 11.8. The Morgan fingerprint density at radius 3 is 2.22 bits per heavy atom. The van der Waals surface area contributed by atoms with Gasteiger partial charge < -0.3 is 19.2 Å². The van der Waals surface area contributed by atoms with Gasteiger partial charge in [-0.1, -0.05) is 54.3 Å². The number of rotatable bonds is 5. The number of benzene rings is 3. The van der Waals surface area contributed by atoms with Crippen LogP contribution in [0.3, 0.4) is 0 Å². The Hall–Kier alpha value is -3.78. The third-order valence-electron chi connectivity index (χ3n) is 6.50. The number of quaternary nitrogens is 1. The maximum absolute atomic E-state index is 14.0. The Labute approximate surface area is 205 Å². The topological polar surface area (TPSA) is 66.9 Å². The molecule has 1 fully saturated rings. The van der Waals surface area contributed by atoms with E-state index in [1.165, 1.54) is 24.3 Å². The fourth-order valence-corrected chi connectivity index (χ4v) is 4.67. The molecule has 1 saturated heterocycles. The predicted molar refractivity (Wildman–Crippen MR) is 127 cm³/mol. The van der Waals surface area contributed by atoms with Gasteiger partial charge in [-0.2, -0.15) is 13.2 Å². The lowest BCUT2D eigenvalue weighted by Gasteiger charge is -2.26. The molecule has 0 atom stereocenters. The zero-order valence-corrected chi connectivity index (χ0v) is 19.4. The van der Waals surface area contributed by atoms with Crippen LogP contribution < -0.4 is 20.2 Å². The molecule has 2 heterocycles. The van der Waals surface area contributed by atoms with E-state index in [9.17, 15) is 23.1 Å². The summed E-state index contributed by atoms with van der Waals surface area (Å²) in [7, 11) is 0. The molecule has 186 valence electrons. The van der Waals surface area contributed by atoms with Crippen LogP contribution in [0, 0.1) is 0 Å². The Morgan fingerprint density at radius 2 is 1.56 bits per heavy atom. The average molecular weight is 495 g/mol. The molecule has 1 aromatic heterocycles. The molecule has 0 aliphatic carbocycles. The van der Waals surface area contributed by atoms with Crippen molar-refractivity contribution in [1.29, 1.82) is 0 Å². The first kappa shape index (κ1) is 23.9. The minimum absolute atomic E-state index is 0.0604. The molecule has 0 radical (unpaired) electrons. The van der Waals surface area contributed by atoms with E-state index in [2.05, 4.69) is 0 Å². The number of nitrogens with one attached hydrogen (secondary N) is 1. The maximum Gasteiger partial charge on any atom is 0.453 e. The second-order valence-corrected chi connectivity index (χ2v) is 8.99. The fraction of sp³-hybridized carbons (Fsp3) is 0.250. The van der Waals surface area contributed by atoms with Crippen molar-refractivity contribution >= 4 is 11.0 Å². The minimum Gasteiger partial charge on any atom is -0.872 e. The lowest BCUT2D eigenvalue weighted by Crippen LogP contribution is -3.11. The molecular formula is C28H24F3NO4. The normalized spacial score (nSPS) is 14.8. The largest absolute Gasteiger partial charge is 0.872 e. The van der Waals surface area contributed by atoms with E-state index in [0.717, 1.165) is 48.4 Å². The van der Waals surface area contributed by atoms with Crippen LogP contribution in [0.4, 0.5) is 13.2 Å². The van der Waals surface area contributed by atoms with Crippen molar-refractivity contribution in [2.75, 3.05) is 13.1 Å². The quantitative estimate of drug-likeness (QED) is 0.427. The second-order valence-electron chi connectivity index (χ2n) is 8.99. The SMILES string of the molecule is O=c1c(Oc2ccc(-c3ccccc3)cc2)c(C(F)(F)F)oc2c(C[NH+]3CCCCC3)c([O-])ccc12. The van der Waals surface area contributed by atoms with Crippen molar-refractivity contribution in [3.8, 4) is 28.4 Å². The Bertz CT molecular complexity index is 1420. The summed E-state index contributed by atoms with van der Waals surface area (Å²) in [6, 6.07) is 18.3. The van der Waals surface area contributed by atoms with Gasteiger partial charge in [0.25, 0.3) is 5.76 Å². The summed E-state index contributed by atoms with van der Waals surface area (Å²) in [5, 5.41) is 12.5. The van der Waals surface area contributed by atoms with Gasteiger partial charge in [0.05, 0.1) is 18.5 Å². The standard InChI is InChI=1S/C28H24F3NO4/c29-28(30,31)27-26(35-20-11-9-19(10-12-20)18-7-3-1-4-8-18)24(34)21-13-14-23(33)22(25(21)36-27)17-32-15-5-2-6-16-32/h1,3-4,7-14,33H,2,5-6,15-17H2. The van der Waals surface area contributed by atoms with Crippen LogP contribution in [0.25, 0.3) is 22.1 Å². The number of hydrogen-bond acceptors (Lipinski definition) is 4. The highest BCUT2D eigenvalue weighted by Gasteiger charge is 2.41. The fourth-order valence-electron chi connectivity index (χ4n) is 4.67. The Kier molecular flexibility index (Phi) is 6.45. The van der Waals surface area contributed by atoms with E-state index in [-0.39, 0.29) is 28.8 Å². The molecule has 0 unspecified atom stereocenters. The molecule has 1 N–H and O–H groups in total. The maximum atomic E-state index is 14.0. The van der Waals surface area contributed by atoms with Crippen LogP contribution in [0.15, 0.2) is 75.9 Å². The number of hydrogen-bond donors (Lipinski definition) is 1. The molecule has 5 rings (SSSR count). The van der Waals surface area contributed by atoms with Gasteiger partial charge in [-0.3, -0.25) is 4.79 Å². The highest BCUT2D eigenvalue weighted by molar-refractivity contribution is 5.83. The van der Waals surface area contributed by atoms with Crippen LogP contribution in [0.2, 0.25) is 0 Å². The van der Waals surface area contributed by atoms with Crippen LogP contribution >= 0.6 is 0 Å². The molecule has 1 aliphatic heterocycles. The van der Waals surface area contributed by atoms with E-state index >= 15 is 0 Å². The molecule has 0 saturated carbocycles. The van der Waals surface area contributed by atoms with Crippen molar-refractivity contribution in [2.45, 2.75) is 32.0 Å².